The second-order valence-corrected chi connectivity index (χ2v) is 4.60. The van der Waals surface area contributed by atoms with E-state index >= 15 is 0 Å². The minimum atomic E-state index is -0.219. The molecule has 0 aliphatic heterocycles. The molecule has 0 aliphatic carbocycles. The van der Waals surface area contributed by atoms with Gasteiger partial charge >= 0.3 is 0 Å². The van der Waals surface area contributed by atoms with E-state index in [4.69, 9.17) is 10.5 Å². The number of unbranched alkanes of at least 4 members (excludes halogenated alkanes) is 4. The van der Waals surface area contributed by atoms with Crippen LogP contribution in [0.15, 0.2) is 18.2 Å². The van der Waals surface area contributed by atoms with Gasteiger partial charge in [0.25, 0.3) is 0 Å². The molecule has 2 nitrogen and oxygen atoms in total. The lowest BCUT2D eigenvalue weighted by atomic mass is 10.1. The molecular weight excluding hydrogens is 229 g/mol. The number of benzene rings is 1. The minimum Gasteiger partial charge on any atom is -0.377 e. The smallest absolute Gasteiger partial charge is 0.129 e. The van der Waals surface area contributed by atoms with E-state index in [0.29, 0.717) is 25.3 Å². The standard InChI is InChI=1S/C15H24FNO/c1-2-3-4-5-6-9-18-12-14-8-7-13(11-17)10-15(14)16/h7-8,10H,2-6,9,11-12,17H2,1H3. The van der Waals surface area contributed by atoms with Crippen LogP contribution in [0.5, 0.6) is 0 Å². The molecule has 3 heteroatoms. The third-order valence-electron chi connectivity index (χ3n) is 3.00. The average Bonchev–Trinajstić information content (AvgIpc) is 2.39. The number of rotatable bonds is 9. The molecule has 1 aromatic carbocycles. The van der Waals surface area contributed by atoms with Crippen LogP contribution < -0.4 is 5.73 Å². The Bertz CT molecular complexity index is 341. The van der Waals surface area contributed by atoms with Crippen LogP contribution in [0.2, 0.25) is 0 Å². The highest BCUT2D eigenvalue weighted by Gasteiger charge is 2.03. The lowest BCUT2D eigenvalue weighted by molar-refractivity contribution is 0.114. The molecule has 0 unspecified atom stereocenters. The Morgan fingerprint density at radius 3 is 2.61 bits per heavy atom. The fraction of sp³-hybridized carbons (Fsp3) is 0.600. The maximum atomic E-state index is 13.6. The predicted molar refractivity (Wildman–Crippen MR) is 72.7 cm³/mol. The van der Waals surface area contributed by atoms with Crippen molar-refractivity contribution in [2.45, 2.75) is 52.2 Å². The van der Waals surface area contributed by atoms with Crippen molar-refractivity contribution in [3.8, 4) is 0 Å². The Kier molecular flexibility index (Phi) is 7.62. The molecule has 0 spiro atoms. The van der Waals surface area contributed by atoms with Crippen LogP contribution in [-0.4, -0.2) is 6.61 Å². The zero-order valence-corrected chi connectivity index (χ0v) is 11.3. The van der Waals surface area contributed by atoms with E-state index in [1.807, 2.05) is 6.07 Å². The summed E-state index contributed by atoms with van der Waals surface area (Å²) in [6.45, 7) is 3.63. The lowest BCUT2D eigenvalue weighted by Gasteiger charge is -2.06. The fourth-order valence-electron chi connectivity index (χ4n) is 1.82. The molecule has 1 aromatic rings. The molecular formula is C15H24FNO. The van der Waals surface area contributed by atoms with Crippen LogP contribution in [0.4, 0.5) is 4.39 Å². The summed E-state index contributed by atoms with van der Waals surface area (Å²) in [7, 11) is 0. The monoisotopic (exact) mass is 253 g/mol. The Hall–Kier alpha value is -0.930. The fourth-order valence-corrected chi connectivity index (χ4v) is 1.82. The molecule has 0 radical (unpaired) electrons. The molecule has 0 saturated heterocycles. The zero-order chi connectivity index (χ0) is 13.2. The molecule has 1 rings (SSSR count). The predicted octanol–water partition coefficient (Wildman–Crippen LogP) is 3.77. The van der Waals surface area contributed by atoms with Gasteiger partial charge in [0.15, 0.2) is 0 Å². The van der Waals surface area contributed by atoms with E-state index in [9.17, 15) is 4.39 Å². The third-order valence-corrected chi connectivity index (χ3v) is 3.00. The second-order valence-electron chi connectivity index (χ2n) is 4.60. The van der Waals surface area contributed by atoms with Gasteiger partial charge in [0.2, 0.25) is 0 Å². The average molecular weight is 253 g/mol. The van der Waals surface area contributed by atoms with E-state index in [1.54, 1.807) is 6.07 Å². The van der Waals surface area contributed by atoms with Gasteiger partial charge in [-0.2, -0.15) is 0 Å². The summed E-state index contributed by atoms with van der Waals surface area (Å²) >= 11 is 0. The van der Waals surface area contributed by atoms with Gasteiger partial charge in [-0.05, 0) is 18.1 Å². The van der Waals surface area contributed by atoms with Crippen LogP contribution in [0.3, 0.4) is 0 Å². The summed E-state index contributed by atoms with van der Waals surface area (Å²) in [5.74, 6) is -0.219. The van der Waals surface area contributed by atoms with Gasteiger partial charge in [-0.25, -0.2) is 4.39 Å². The first-order chi connectivity index (χ1) is 8.77. The van der Waals surface area contributed by atoms with Crippen molar-refractivity contribution in [2.24, 2.45) is 5.73 Å². The van der Waals surface area contributed by atoms with Crippen molar-refractivity contribution in [2.75, 3.05) is 6.61 Å². The molecule has 2 N–H and O–H groups in total. The van der Waals surface area contributed by atoms with Crippen LogP contribution in [0.1, 0.15) is 50.2 Å². The maximum Gasteiger partial charge on any atom is 0.129 e. The SMILES string of the molecule is CCCCCCCOCc1ccc(CN)cc1F. The summed E-state index contributed by atoms with van der Waals surface area (Å²) in [5, 5.41) is 0. The highest BCUT2D eigenvalue weighted by molar-refractivity contribution is 5.23. The molecule has 0 saturated carbocycles. The molecule has 0 aromatic heterocycles. The van der Waals surface area contributed by atoms with E-state index < -0.39 is 0 Å². The zero-order valence-electron chi connectivity index (χ0n) is 11.3. The topological polar surface area (TPSA) is 35.2 Å². The van der Waals surface area contributed by atoms with Crippen LogP contribution in [0, 0.1) is 5.82 Å². The van der Waals surface area contributed by atoms with Gasteiger partial charge < -0.3 is 10.5 Å². The van der Waals surface area contributed by atoms with Gasteiger partial charge in [0, 0.05) is 18.7 Å². The van der Waals surface area contributed by atoms with Gasteiger partial charge in [0.05, 0.1) is 6.61 Å². The number of ether oxygens (including phenoxy) is 1. The largest absolute Gasteiger partial charge is 0.377 e. The second kappa shape index (κ2) is 9.06. The normalized spacial score (nSPS) is 10.8. The summed E-state index contributed by atoms with van der Waals surface area (Å²) in [5.41, 5.74) is 6.88. The molecule has 0 bridgehead atoms. The Balaban J connectivity index is 2.19. The van der Waals surface area contributed by atoms with Crippen molar-refractivity contribution in [3.63, 3.8) is 0 Å². The molecule has 0 heterocycles. The van der Waals surface area contributed by atoms with Crippen molar-refractivity contribution in [1.82, 2.24) is 0 Å². The van der Waals surface area contributed by atoms with Gasteiger partial charge in [-0.3, -0.25) is 0 Å². The van der Waals surface area contributed by atoms with Crippen LogP contribution in [0.25, 0.3) is 0 Å². The van der Waals surface area contributed by atoms with Crippen molar-refractivity contribution >= 4 is 0 Å². The van der Waals surface area contributed by atoms with Crippen molar-refractivity contribution < 1.29 is 9.13 Å². The number of nitrogens with two attached hydrogens (primary N) is 1. The summed E-state index contributed by atoms with van der Waals surface area (Å²) in [6.07, 6.45) is 6.05. The highest BCUT2D eigenvalue weighted by atomic mass is 19.1. The van der Waals surface area contributed by atoms with Crippen molar-refractivity contribution in [1.29, 1.82) is 0 Å². The Morgan fingerprint density at radius 1 is 1.17 bits per heavy atom. The first-order valence-electron chi connectivity index (χ1n) is 6.83. The van der Waals surface area contributed by atoms with Gasteiger partial charge in [-0.15, -0.1) is 0 Å². The molecule has 0 aliphatic rings. The van der Waals surface area contributed by atoms with E-state index in [0.717, 1.165) is 12.0 Å². The quantitative estimate of drug-likeness (QED) is 0.680. The first kappa shape index (κ1) is 15.1. The van der Waals surface area contributed by atoms with Crippen LogP contribution >= 0.6 is 0 Å². The number of hydrogen-bond acceptors (Lipinski definition) is 2. The molecule has 0 amide bonds. The molecule has 102 valence electrons. The molecule has 18 heavy (non-hydrogen) atoms. The summed E-state index contributed by atoms with van der Waals surface area (Å²) < 4.78 is 19.1. The highest BCUT2D eigenvalue weighted by Crippen LogP contribution is 2.12. The first-order valence-corrected chi connectivity index (χ1v) is 6.83. The van der Waals surface area contributed by atoms with E-state index in [1.165, 1.54) is 31.7 Å². The van der Waals surface area contributed by atoms with Crippen molar-refractivity contribution in [3.05, 3.63) is 35.1 Å². The lowest BCUT2D eigenvalue weighted by Crippen LogP contribution is -2.01. The van der Waals surface area contributed by atoms with E-state index in [-0.39, 0.29) is 5.82 Å². The van der Waals surface area contributed by atoms with Gasteiger partial charge in [0.1, 0.15) is 5.82 Å². The Morgan fingerprint density at radius 2 is 1.94 bits per heavy atom. The molecule has 0 atom stereocenters. The maximum absolute atomic E-state index is 13.6. The summed E-state index contributed by atoms with van der Waals surface area (Å²) in [6, 6.07) is 5.09. The van der Waals surface area contributed by atoms with E-state index in [2.05, 4.69) is 6.92 Å². The minimum absolute atomic E-state index is 0.219. The number of halogens is 1. The molecule has 0 fully saturated rings. The third kappa shape index (κ3) is 5.61. The Labute approximate surface area is 109 Å². The van der Waals surface area contributed by atoms with Gasteiger partial charge in [-0.1, -0.05) is 44.7 Å². The number of hydrogen-bond donors (Lipinski definition) is 1. The van der Waals surface area contributed by atoms with Crippen LogP contribution in [-0.2, 0) is 17.9 Å². The summed E-state index contributed by atoms with van der Waals surface area (Å²) in [4.78, 5) is 0.